The number of hydrogen-bond acceptors (Lipinski definition) is 5. The second kappa shape index (κ2) is 5.13. The molecule has 0 aliphatic heterocycles. The Morgan fingerprint density at radius 1 is 1.53 bits per heavy atom. The quantitative estimate of drug-likeness (QED) is 0.928. The zero-order valence-electron chi connectivity index (χ0n) is 10.8. The molecule has 2 aromatic heterocycles. The van der Waals surface area contributed by atoms with E-state index in [1.807, 2.05) is 12.3 Å². The molecule has 100 valence electrons. The minimum Gasteiger partial charge on any atom is -0.381 e. The van der Waals surface area contributed by atoms with Crippen molar-refractivity contribution in [1.29, 1.82) is 0 Å². The summed E-state index contributed by atoms with van der Waals surface area (Å²) < 4.78 is 1.45. The van der Waals surface area contributed by atoms with Gasteiger partial charge in [-0.1, -0.05) is 0 Å². The standard InChI is InChI=1S/C13H16N4OS/c1-9-8-19-12(15-9)7-17-13(18)5-11(6-14-17)16-10-3-2-4-10/h5-6,8,10,16H,2-4,7H2,1H3. The van der Waals surface area contributed by atoms with Crippen LogP contribution in [0.5, 0.6) is 0 Å². The first kappa shape index (κ1) is 12.3. The Hall–Kier alpha value is -1.69. The van der Waals surface area contributed by atoms with Gasteiger partial charge in [-0.3, -0.25) is 4.79 Å². The van der Waals surface area contributed by atoms with Crippen LogP contribution in [0.1, 0.15) is 30.0 Å². The van der Waals surface area contributed by atoms with Crippen molar-refractivity contribution < 1.29 is 0 Å². The molecule has 5 nitrogen and oxygen atoms in total. The molecule has 0 unspecified atom stereocenters. The molecule has 3 rings (SSSR count). The molecule has 0 atom stereocenters. The van der Waals surface area contributed by atoms with Crippen molar-refractivity contribution in [3.05, 3.63) is 38.7 Å². The molecule has 1 aliphatic carbocycles. The summed E-state index contributed by atoms with van der Waals surface area (Å²) in [6.07, 6.45) is 5.36. The lowest BCUT2D eigenvalue weighted by molar-refractivity contribution is 0.445. The minimum atomic E-state index is -0.0859. The van der Waals surface area contributed by atoms with E-state index in [1.54, 1.807) is 23.6 Å². The zero-order valence-corrected chi connectivity index (χ0v) is 11.6. The average molecular weight is 276 g/mol. The predicted octanol–water partition coefficient (Wildman–Crippen LogP) is 2.02. The summed E-state index contributed by atoms with van der Waals surface area (Å²) in [5, 5.41) is 10.4. The van der Waals surface area contributed by atoms with Crippen molar-refractivity contribution in [1.82, 2.24) is 14.8 Å². The van der Waals surface area contributed by atoms with Gasteiger partial charge in [-0.25, -0.2) is 9.67 Å². The van der Waals surface area contributed by atoms with E-state index in [1.165, 1.54) is 23.9 Å². The summed E-state index contributed by atoms with van der Waals surface area (Å²) in [6, 6.07) is 2.13. The van der Waals surface area contributed by atoms with Crippen LogP contribution >= 0.6 is 11.3 Å². The summed E-state index contributed by atoms with van der Waals surface area (Å²) in [6.45, 7) is 2.39. The lowest BCUT2D eigenvalue weighted by Crippen LogP contribution is -2.29. The Labute approximate surface area is 115 Å². The van der Waals surface area contributed by atoms with E-state index in [4.69, 9.17) is 0 Å². The third-order valence-electron chi connectivity index (χ3n) is 3.30. The van der Waals surface area contributed by atoms with Crippen LogP contribution in [0.3, 0.4) is 0 Å². The van der Waals surface area contributed by atoms with E-state index < -0.39 is 0 Å². The van der Waals surface area contributed by atoms with E-state index in [-0.39, 0.29) is 5.56 Å². The van der Waals surface area contributed by atoms with Crippen molar-refractivity contribution >= 4 is 17.0 Å². The van der Waals surface area contributed by atoms with Crippen LogP contribution < -0.4 is 10.9 Å². The SMILES string of the molecule is Cc1csc(Cn2ncc(NC3CCC3)cc2=O)n1. The van der Waals surface area contributed by atoms with Crippen LogP contribution in [-0.2, 0) is 6.54 Å². The Morgan fingerprint density at radius 2 is 2.37 bits per heavy atom. The first-order valence-corrected chi connectivity index (χ1v) is 7.33. The highest BCUT2D eigenvalue weighted by atomic mass is 32.1. The summed E-state index contributed by atoms with van der Waals surface area (Å²) in [4.78, 5) is 16.3. The molecular weight excluding hydrogens is 260 g/mol. The van der Waals surface area contributed by atoms with E-state index in [0.29, 0.717) is 12.6 Å². The molecule has 0 radical (unpaired) electrons. The van der Waals surface area contributed by atoms with Gasteiger partial charge in [0.25, 0.3) is 5.56 Å². The van der Waals surface area contributed by atoms with Crippen molar-refractivity contribution in [2.75, 3.05) is 5.32 Å². The van der Waals surface area contributed by atoms with Gasteiger partial charge in [0.1, 0.15) is 5.01 Å². The first-order chi connectivity index (χ1) is 9.20. The Morgan fingerprint density at radius 3 is 2.95 bits per heavy atom. The third kappa shape index (κ3) is 2.84. The molecule has 1 saturated carbocycles. The second-order valence-electron chi connectivity index (χ2n) is 4.89. The number of nitrogens with zero attached hydrogens (tertiary/aromatic N) is 3. The number of anilines is 1. The molecule has 1 fully saturated rings. The molecule has 2 aromatic rings. The molecule has 1 N–H and O–H groups in total. The monoisotopic (exact) mass is 276 g/mol. The van der Waals surface area contributed by atoms with E-state index in [2.05, 4.69) is 15.4 Å². The van der Waals surface area contributed by atoms with Gasteiger partial charge in [-0.15, -0.1) is 11.3 Å². The van der Waals surface area contributed by atoms with Gasteiger partial charge < -0.3 is 5.32 Å². The van der Waals surface area contributed by atoms with Gasteiger partial charge in [-0.05, 0) is 26.2 Å². The van der Waals surface area contributed by atoms with Crippen LogP contribution in [0, 0.1) is 6.92 Å². The van der Waals surface area contributed by atoms with Crippen molar-refractivity contribution in [2.45, 2.75) is 38.8 Å². The third-order valence-corrected chi connectivity index (χ3v) is 4.25. The fourth-order valence-corrected chi connectivity index (χ4v) is 2.78. The number of aromatic nitrogens is 3. The largest absolute Gasteiger partial charge is 0.381 e. The summed E-state index contributed by atoms with van der Waals surface area (Å²) in [5.41, 5.74) is 1.72. The van der Waals surface area contributed by atoms with Crippen molar-refractivity contribution in [2.24, 2.45) is 0 Å². The lowest BCUT2D eigenvalue weighted by atomic mass is 9.93. The molecule has 6 heteroatoms. The van der Waals surface area contributed by atoms with Crippen molar-refractivity contribution in [3.8, 4) is 0 Å². The minimum absolute atomic E-state index is 0.0859. The number of thiazole rings is 1. The van der Waals surface area contributed by atoms with Crippen LogP contribution in [0.4, 0.5) is 5.69 Å². The molecule has 1 aliphatic rings. The normalized spacial score (nSPS) is 15.2. The van der Waals surface area contributed by atoms with E-state index in [0.717, 1.165) is 16.4 Å². The van der Waals surface area contributed by atoms with Crippen LogP contribution in [0.15, 0.2) is 22.4 Å². The Kier molecular flexibility index (Phi) is 3.33. The van der Waals surface area contributed by atoms with Gasteiger partial charge >= 0.3 is 0 Å². The Balaban J connectivity index is 1.73. The van der Waals surface area contributed by atoms with Crippen LogP contribution in [0.2, 0.25) is 0 Å². The highest BCUT2D eigenvalue weighted by Crippen LogP contribution is 2.22. The number of nitrogens with one attached hydrogen (secondary N) is 1. The highest BCUT2D eigenvalue weighted by molar-refractivity contribution is 7.09. The van der Waals surface area contributed by atoms with E-state index >= 15 is 0 Å². The molecule has 0 amide bonds. The van der Waals surface area contributed by atoms with Gasteiger partial charge in [0, 0.05) is 23.2 Å². The highest BCUT2D eigenvalue weighted by Gasteiger charge is 2.17. The molecule has 0 spiro atoms. The average Bonchev–Trinajstić information content (AvgIpc) is 2.73. The fourth-order valence-electron chi connectivity index (χ4n) is 2.02. The maximum atomic E-state index is 12.0. The lowest BCUT2D eigenvalue weighted by Gasteiger charge is -2.27. The molecule has 0 bridgehead atoms. The van der Waals surface area contributed by atoms with Gasteiger partial charge in [0.15, 0.2) is 0 Å². The number of aryl methyl sites for hydroxylation is 1. The summed E-state index contributed by atoms with van der Waals surface area (Å²) in [5.74, 6) is 0. The molecule has 19 heavy (non-hydrogen) atoms. The second-order valence-corrected chi connectivity index (χ2v) is 5.84. The fraction of sp³-hybridized carbons (Fsp3) is 0.462. The van der Waals surface area contributed by atoms with E-state index in [9.17, 15) is 4.79 Å². The van der Waals surface area contributed by atoms with Gasteiger partial charge in [0.2, 0.25) is 0 Å². The van der Waals surface area contributed by atoms with Crippen LogP contribution in [-0.4, -0.2) is 20.8 Å². The molecule has 0 saturated heterocycles. The van der Waals surface area contributed by atoms with Gasteiger partial charge in [-0.2, -0.15) is 5.10 Å². The Bertz CT molecular complexity index is 630. The first-order valence-electron chi connectivity index (χ1n) is 6.45. The van der Waals surface area contributed by atoms with Crippen LogP contribution in [0.25, 0.3) is 0 Å². The smallest absolute Gasteiger partial charge is 0.269 e. The topological polar surface area (TPSA) is 59.8 Å². The van der Waals surface area contributed by atoms with Gasteiger partial charge in [0.05, 0.1) is 18.4 Å². The summed E-state index contributed by atoms with van der Waals surface area (Å²) in [7, 11) is 0. The maximum absolute atomic E-state index is 12.0. The molecule has 2 heterocycles. The zero-order chi connectivity index (χ0) is 13.2. The number of hydrogen-bond donors (Lipinski definition) is 1. The molecule has 0 aromatic carbocycles. The van der Waals surface area contributed by atoms with Crippen molar-refractivity contribution in [3.63, 3.8) is 0 Å². The molecular formula is C13H16N4OS. The maximum Gasteiger partial charge on any atom is 0.269 e. The predicted molar refractivity (Wildman–Crippen MR) is 75.7 cm³/mol. The number of rotatable bonds is 4. The summed E-state index contributed by atoms with van der Waals surface area (Å²) >= 11 is 1.55.